The number of hydrogen-bond acceptors (Lipinski definition) is 4. The minimum absolute atomic E-state index is 0.148. The number of carbonyl (C=O) groups excluding carboxylic acids is 1. The molecule has 1 aliphatic heterocycles. The fourth-order valence-corrected chi connectivity index (χ4v) is 3.45. The molecule has 1 saturated heterocycles. The van der Waals surface area contributed by atoms with Crippen molar-refractivity contribution in [1.29, 1.82) is 0 Å². The van der Waals surface area contributed by atoms with Crippen molar-refractivity contribution in [2.24, 2.45) is 7.05 Å². The van der Waals surface area contributed by atoms with E-state index in [1.807, 2.05) is 38.9 Å². The smallest absolute Gasteiger partial charge is 0.227 e. The van der Waals surface area contributed by atoms with E-state index in [2.05, 4.69) is 14.7 Å². The molecule has 124 valence electrons. The first kappa shape index (κ1) is 15.8. The number of likely N-dealkylation sites (tertiary alicyclic amines) is 1. The molecule has 1 atom stereocenters. The topological polar surface area (TPSA) is 64.2 Å². The third-order valence-electron chi connectivity index (χ3n) is 4.68. The van der Waals surface area contributed by atoms with Crippen LogP contribution >= 0.6 is 0 Å². The minimum atomic E-state index is 0.148. The van der Waals surface area contributed by atoms with Crippen molar-refractivity contribution in [2.45, 2.75) is 46.0 Å². The zero-order valence-electron chi connectivity index (χ0n) is 14.3. The van der Waals surface area contributed by atoms with Crippen molar-refractivity contribution in [3.05, 3.63) is 34.7 Å². The molecular formula is C17H24N4O2. The van der Waals surface area contributed by atoms with Crippen molar-refractivity contribution < 1.29 is 9.32 Å². The van der Waals surface area contributed by atoms with E-state index >= 15 is 0 Å². The normalized spacial score (nSPS) is 18.4. The Kier molecular flexibility index (Phi) is 4.24. The van der Waals surface area contributed by atoms with Gasteiger partial charge < -0.3 is 14.0 Å². The maximum Gasteiger partial charge on any atom is 0.227 e. The number of aryl methyl sites for hydroxylation is 4. The highest BCUT2D eigenvalue weighted by Crippen LogP contribution is 2.27. The van der Waals surface area contributed by atoms with Gasteiger partial charge in [-0.1, -0.05) is 5.16 Å². The Morgan fingerprint density at radius 1 is 1.39 bits per heavy atom. The van der Waals surface area contributed by atoms with Crippen molar-refractivity contribution in [2.75, 3.05) is 13.1 Å². The molecule has 1 aliphatic rings. The summed E-state index contributed by atoms with van der Waals surface area (Å²) in [5, 5.41) is 3.93. The molecule has 0 aliphatic carbocycles. The molecule has 3 heterocycles. The molecule has 6 heteroatoms. The van der Waals surface area contributed by atoms with Crippen LogP contribution in [-0.2, 0) is 18.3 Å². The van der Waals surface area contributed by atoms with Crippen LogP contribution in [0.2, 0.25) is 0 Å². The summed E-state index contributed by atoms with van der Waals surface area (Å²) in [7, 11) is 2.03. The van der Waals surface area contributed by atoms with E-state index in [1.54, 1.807) is 0 Å². The van der Waals surface area contributed by atoms with Gasteiger partial charge in [0.2, 0.25) is 5.91 Å². The van der Waals surface area contributed by atoms with Crippen LogP contribution in [0.4, 0.5) is 0 Å². The Hall–Kier alpha value is -2.11. The van der Waals surface area contributed by atoms with Crippen LogP contribution in [0.3, 0.4) is 0 Å². The Labute approximate surface area is 136 Å². The van der Waals surface area contributed by atoms with Gasteiger partial charge in [-0.2, -0.15) is 0 Å². The van der Waals surface area contributed by atoms with Crippen molar-refractivity contribution in [3.8, 4) is 0 Å². The zero-order chi connectivity index (χ0) is 16.6. The van der Waals surface area contributed by atoms with Gasteiger partial charge in [-0.25, -0.2) is 4.98 Å². The highest BCUT2D eigenvalue weighted by molar-refractivity contribution is 5.79. The number of hydrogen-bond donors (Lipinski definition) is 0. The number of piperidine rings is 1. The molecule has 1 amide bonds. The quantitative estimate of drug-likeness (QED) is 0.871. The average molecular weight is 316 g/mol. The predicted octanol–water partition coefficient (Wildman–Crippen LogP) is 2.28. The lowest BCUT2D eigenvalue weighted by atomic mass is 9.96. The van der Waals surface area contributed by atoms with Crippen LogP contribution < -0.4 is 0 Å². The minimum Gasteiger partial charge on any atom is -0.361 e. The summed E-state index contributed by atoms with van der Waals surface area (Å²) in [6.07, 6.45) is 4.51. The highest BCUT2D eigenvalue weighted by Gasteiger charge is 2.28. The molecular weight excluding hydrogens is 292 g/mol. The van der Waals surface area contributed by atoms with Crippen molar-refractivity contribution in [3.63, 3.8) is 0 Å². The zero-order valence-corrected chi connectivity index (χ0v) is 14.3. The molecule has 2 aromatic rings. The highest BCUT2D eigenvalue weighted by atomic mass is 16.5. The molecule has 23 heavy (non-hydrogen) atoms. The summed E-state index contributed by atoms with van der Waals surface area (Å²) in [6, 6.07) is 0. The third kappa shape index (κ3) is 3.16. The fraction of sp³-hybridized carbons (Fsp3) is 0.588. The molecule has 6 nitrogen and oxygen atoms in total. The standard InChI is InChI=1S/C17H24N4O2/c1-11-9-20(4)17(18-11)14-6-5-7-21(10-14)16(22)8-15-12(2)19-23-13(15)3/h9,14H,5-8,10H2,1-4H3/t14-/m0/s1. The van der Waals surface area contributed by atoms with Gasteiger partial charge in [-0.05, 0) is 33.6 Å². The van der Waals surface area contributed by atoms with Gasteiger partial charge >= 0.3 is 0 Å². The lowest BCUT2D eigenvalue weighted by Crippen LogP contribution is -2.40. The molecule has 0 spiro atoms. The van der Waals surface area contributed by atoms with Gasteiger partial charge in [-0.3, -0.25) is 4.79 Å². The summed E-state index contributed by atoms with van der Waals surface area (Å²) >= 11 is 0. The van der Waals surface area contributed by atoms with Gasteiger partial charge in [-0.15, -0.1) is 0 Å². The van der Waals surface area contributed by atoms with Crippen LogP contribution in [0.15, 0.2) is 10.7 Å². The monoisotopic (exact) mass is 316 g/mol. The molecule has 2 aromatic heterocycles. The largest absolute Gasteiger partial charge is 0.361 e. The summed E-state index contributed by atoms with van der Waals surface area (Å²) in [5.41, 5.74) is 2.76. The maximum atomic E-state index is 12.7. The van der Waals surface area contributed by atoms with E-state index in [9.17, 15) is 4.79 Å². The van der Waals surface area contributed by atoms with Crippen LogP contribution in [0.1, 0.15) is 47.3 Å². The lowest BCUT2D eigenvalue weighted by molar-refractivity contribution is -0.131. The molecule has 0 aromatic carbocycles. The second kappa shape index (κ2) is 6.18. The molecule has 1 fully saturated rings. The number of aromatic nitrogens is 3. The predicted molar refractivity (Wildman–Crippen MR) is 86.2 cm³/mol. The Balaban J connectivity index is 1.71. The van der Waals surface area contributed by atoms with Crippen molar-refractivity contribution >= 4 is 5.91 Å². The van der Waals surface area contributed by atoms with Crippen molar-refractivity contribution in [1.82, 2.24) is 19.6 Å². The van der Waals surface area contributed by atoms with Gasteiger partial charge in [0.1, 0.15) is 11.6 Å². The Bertz CT molecular complexity index is 697. The van der Waals surface area contributed by atoms with E-state index < -0.39 is 0 Å². The van der Waals surface area contributed by atoms with Crippen LogP contribution in [0, 0.1) is 20.8 Å². The van der Waals surface area contributed by atoms with Gasteiger partial charge in [0.15, 0.2) is 0 Å². The van der Waals surface area contributed by atoms with E-state index in [1.165, 1.54) is 0 Å². The van der Waals surface area contributed by atoms with Crippen LogP contribution in [0.25, 0.3) is 0 Å². The fourth-order valence-electron chi connectivity index (χ4n) is 3.45. The van der Waals surface area contributed by atoms with Gasteiger partial charge in [0, 0.05) is 37.8 Å². The molecule has 0 N–H and O–H groups in total. The molecule has 0 bridgehead atoms. The van der Waals surface area contributed by atoms with Crippen LogP contribution in [0.5, 0.6) is 0 Å². The van der Waals surface area contributed by atoms with E-state index in [0.29, 0.717) is 12.3 Å². The number of nitrogens with zero attached hydrogens (tertiary/aromatic N) is 4. The number of amides is 1. The van der Waals surface area contributed by atoms with Gasteiger partial charge in [0.05, 0.1) is 17.8 Å². The Morgan fingerprint density at radius 2 is 2.17 bits per heavy atom. The average Bonchev–Trinajstić information content (AvgIpc) is 3.03. The SMILES string of the molecule is Cc1cn(C)c([C@H]2CCCN(C(=O)Cc3c(C)noc3C)C2)n1. The summed E-state index contributed by atoms with van der Waals surface area (Å²) in [5.74, 6) is 2.28. The first-order valence-electron chi connectivity index (χ1n) is 8.15. The summed E-state index contributed by atoms with van der Waals surface area (Å²) < 4.78 is 7.24. The van der Waals surface area contributed by atoms with E-state index in [0.717, 1.165) is 54.5 Å². The number of imidazole rings is 1. The molecule has 0 unspecified atom stereocenters. The van der Waals surface area contributed by atoms with E-state index in [-0.39, 0.29) is 5.91 Å². The lowest BCUT2D eigenvalue weighted by Gasteiger charge is -2.32. The molecule has 0 saturated carbocycles. The number of carbonyl (C=O) groups is 1. The van der Waals surface area contributed by atoms with Gasteiger partial charge in [0.25, 0.3) is 0 Å². The van der Waals surface area contributed by atoms with E-state index in [4.69, 9.17) is 4.52 Å². The third-order valence-corrected chi connectivity index (χ3v) is 4.68. The Morgan fingerprint density at radius 3 is 2.78 bits per heavy atom. The second-order valence-electron chi connectivity index (χ2n) is 6.51. The first-order valence-corrected chi connectivity index (χ1v) is 8.15. The van der Waals surface area contributed by atoms with Crippen LogP contribution in [-0.4, -0.2) is 38.6 Å². The molecule has 0 radical (unpaired) electrons. The molecule has 3 rings (SSSR count). The second-order valence-corrected chi connectivity index (χ2v) is 6.51. The number of rotatable bonds is 3. The first-order chi connectivity index (χ1) is 11.0. The summed E-state index contributed by atoms with van der Waals surface area (Å²) in [6.45, 7) is 7.31. The maximum absolute atomic E-state index is 12.7. The summed E-state index contributed by atoms with van der Waals surface area (Å²) in [4.78, 5) is 19.3.